The molecule has 8 nitrogen and oxygen atoms in total. The molecule has 0 heterocycles. The van der Waals surface area contributed by atoms with E-state index in [0.29, 0.717) is 23.6 Å². The third-order valence-corrected chi connectivity index (χ3v) is 6.77. The van der Waals surface area contributed by atoms with E-state index in [1.807, 2.05) is 42.0 Å². The number of nitrogens with one attached hydrogen (secondary N) is 2. The molecule has 0 fully saturated rings. The first-order valence-corrected chi connectivity index (χ1v) is 12.4. The van der Waals surface area contributed by atoms with Gasteiger partial charge in [0.25, 0.3) is 10.0 Å². The fourth-order valence-electron chi connectivity index (χ4n) is 3.41. The number of urea groups is 1. The van der Waals surface area contributed by atoms with Crippen molar-refractivity contribution in [3.8, 4) is 5.75 Å². The van der Waals surface area contributed by atoms with Gasteiger partial charge in [-0.05, 0) is 55.3 Å². The molecule has 0 aliphatic rings. The molecule has 35 heavy (non-hydrogen) atoms. The second-order valence-electron chi connectivity index (χ2n) is 7.56. The molecule has 2 rings (SSSR count). The molecule has 0 saturated carbocycles. The molecular formula is C26H35N3O5S. The average Bonchev–Trinajstić information content (AvgIpc) is 2.84. The number of anilines is 1. The Hall–Kier alpha value is -3.85. The van der Waals surface area contributed by atoms with Gasteiger partial charge in [-0.15, -0.1) is 0 Å². The first-order valence-electron chi connectivity index (χ1n) is 10.9. The number of methoxy groups -OCH3 is 1. The molecule has 2 aromatic rings. The smallest absolute Gasteiger partial charge is 0.329 e. The normalized spacial score (nSPS) is 12.5. The third-order valence-electron chi connectivity index (χ3n) is 5.25. The van der Waals surface area contributed by atoms with Crippen LogP contribution in [0.5, 0.6) is 5.75 Å². The number of sulfonamides is 1. The van der Waals surface area contributed by atoms with Crippen LogP contribution >= 0.6 is 0 Å². The van der Waals surface area contributed by atoms with Crippen molar-refractivity contribution in [2.75, 3.05) is 18.6 Å². The lowest BCUT2D eigenvalue weighted by molar-refractivity contribution is -0.120. The van der Waals surface area contributed by atoms with E-state index < -0.39 is 28.0 Å². The number of amides is 3. The Morgan fingerprint density at radius 3 is 2.23 bits per heavy atom. The number of ether oxygens (including phenoxy) is 1. The van der Waals surface area contributed by atoms with Crippen LogP contribution in [0, 0.1) is 0 Å². The Balaban J connectivity index is 0.00000648. The topological polar surface area (TPSA) is 105 Å². The zero-order valence-electron chi connectivity index (χ0n) is 20.2. The second-order valence-corrected chi connectivity index (χ2v) is 9.21. The summed E-state index contributed by atoms with van der Waals surface area (Å²) >= 11 is 0. The second kappa shape index (κ2) is 12.6. The molecule has 0 aromatic heterocycles. The minimum atomic E-state index is -4.22. The Labute approximate surface area is 210 Å². The summed E-state index contributed by atoms with van der Waals surface area (Å²) in [6.07, 6.45) is 2.64. The van der Waals surface area contributed by atoms with E-state index in [0.717, 1.165) is 11.6 Å². The van der Waals surface area contributed by atoms with Crippen molar-refractivity contribution >= 4 is 27.6 Å². The zero-order valence-corrected chi connectivity index (χ0v) is 21.0. The van der Waals surface area contributed by atoms with Gasteiger partial charge in [-0.1, -0.05) is 49.6 Å². The van der Waals surface area contributed by atoms with Crippen LogP contribution in [0.4, 0.5) is 10.5 Å². The zero-order chi connectivity index (χ0) is 26.0. The van der Waals surface area contributed by atoms with Crippen LogP contribution in [-0.4, -0.2) is 40.1 Å². The van der Waals surface area contributed by atoms with Crippen molar-refractivity contribution in [1.82, 2.24) is 10.0 Å². The molecule has 0 unspecified atom stereocenters. The standard InChI is InChI=1S/C26H31N3O5S.2H2/c1-6-19(4)24(7-2)35(32,33)28-26(31)27-23(18-20-12-10-9-11-13-20)25(30)29(8-3)21-14-16-22(34-5)17-15-21;;/h6-7,9-17,23H,1-2,8,18H2,3-5H3,(H2,27,28,31);2*1H/b24-19+;;/t23-;;/m0../s1. The van der Waals surface area contributed by atoms with Gasteiger partial charge >= 0.3 is 6.03 Å². The van der Waals surface area contributed by atoms with Crippen LogP contribution in [0.2, 0.25) is 0 Å². The SMILES string of the molecule is C=C/C(C)=C(\C=C)S(=O)(=O)NC(=O)N[C@@H](Cc1ccccc1)C(=O)N(CC)c1ccc(OC)cc1.[HH].[HH]. The highest BCUT2D eigenvalue weighted by atomic mass is 32.2. The summed E-state index contributed by atoms with van der Waals surface area (Å²) in [5, 5.41) is 2.54. The Kier molecular flexibility index (Phi) is 9.84. The summed E-state index contributed by atoms with van der Waals surface area (Å²) < 4.78 is 32.5. The van der Waals surface area contributed by atoms with Gasteiger partial charge in [0.15, 0.2) is 0 Å². The van der Waals surface area contributed by atoms with Gasteiger partial charge in [-0.3, -0.25) is 4.79 Å². The van der Waals surface area contributed by atoms with E-state index in [2.05, 4.69) is 18.5 Å². The summed E-state index contributed by atoms with van der Waals surface area (Å²) in [6, 6.07) is 14.0. The highest BCUT2D eigenvalue weighted by molar-refractivity contribution is 7.94. The lowest BCUT2D eigenvalue weighted by Crippen LogP contribution is -2.53. The number of hydrogen-bond donors (Lipinski definition) is 2. The summed E-state index contributed by atoms with van der Waals surface area (Å²) in [4.78, 5) is 27.6. The lowest BCUT2D eigenvalue weighted by Gasteiger charge is -2.27. The molecule has 2 aromatic carbocycles. The first-order chi connectivity index (χ1) is 16.7. The van der Waals surface area contributed by atoms with Crippen LogP contribution in [0.3, 0.4) is 0 Å². The van der Waals surface area contributed by atoms with E-state index in [-0.39, 0.29) is 14.2 Å². The van der Waals surface area contributed by atoms with E-state index in [4.69, 9.17) is 4.74 Å². The number of likely N-dealkylation sites (N-methyl/N-ethyl adjacent to an activating group) is 1. The van der Waals surface area contributed by atoms with Crippen molar-refractivity contribution in [1.29, 1.82) is 0 Å². The summed E-state index contributed by atoms with van der Waals surface area (Å²) in [6.45, 7) is 10.7. The molecule has 1 atom stereocenters. The number of carbonyl (C=O) groups is 2. The first kappa shape index (κ1) is 27.4. The molecule has 9 heteroatoms. The molecule has 0 aliphatic carbocycles. The molecule has 3 amide bonds. The molecular weight excluding hydrogens is 466 g/mol. The summed E-state index contributed by atoms with van der Waals surface area (Å²) in [5.74, 6) is 0.248. The lowest BCUT2D eigenvalue weighted by atomic mass is 10.0. The van der Waals surface area contributed by atoms with Crippen LogP contribution in [0.1, 0.15) is 22.3 Å². The van der Waals surface area contributed by atoms with Crippen LogP contribution in [-0.2, 0) is 21.2 Å². The number of benzene rings is 2. The number of nitrogens with zero attached hydrogens (tertiary/aromatic N) is 1. The minimum absolute atomic E-state index is 0. The number of hydrogen-bond acceptors (Lipinski definition) is 5. The van der Waals surface area contributed by atoms with Gasteiger partial charge in [0, 0.05) is 21.5 Å². The van der Waals surface area contributed by atoms with Gasteiger partial charge in [0.05, 0.1) is 12.0 Å². The number of carbonyl (C=O) groups excluding carboxylic acids is 2. The van der Waals surface area contributed by atoms with Crippen molar-refractivity contribution in [2.45, 2.75) is 26.3 Å². The van der Waals surface area contributed by atoms with E-state index in [9.17, 15) is 18.0 Å². The number of rotatable bonds is 11. The molecule has 0 spiro atoms. The van der Waals surface area contributed by atoms with Gasteiger partial charge in [-0.2, -0.15) is 0 Å². The van der Waals surface area contributed by atoms with E-state index in [1.165, 1.54) is 17.9 Å². The van der Waals surface area contributed by atoms with Gasteiger partial charge in [0.1, 0.15) is 11.8 Å². The maximum Gasteiger partial charge on any atom is 0.329 e. The largest absolute Gasteiger partial charge is 0.497 e. The van der Waals surface area contributed by atoms with Gasteiger partial charge < -0.3 is 15.0 Å². The maximum atomic E-state index is 13.5. The average molecular weight is 502 g/mol. The fraction of sp³-hybridized carbons (Fsp3) is 0.231. The Morgan fingerprint density at radius 2 is 1.71 bits per heavy atom. The summed E-state index contributed by atoms with van der Waals surface area (Å²) in [7, 11) is -2.67. The van der Waals surface area contributed by atoms with Crippen LogP contribution in [0.25, 0.3) is 0 Å². The Bertz CT molecular complexity index is 1200. The molecule has 190 valence electrons. The molecule has 0 saturated heterocycles. The van der Waals surface area contributed by atoms with Crippen molar-refractivity contribution in [3.05, 3.63) is 95.9 Å². The van der Waals surface area contributed by atoms with E-state index in [1.54, 1.807) is 31.4 Å². The predicted octanol–water partition coefficient (Wildman–Crippen LogP) is 4.43. The number of allylic oxidation sites excluding steroid dienone is 3. The van der Waals surface area contributed by atoms with Crippen LogP contribution in [0.15, 0.2) is 90.4 Å². The molecule has 0 aliphatic heterocycles. The molecule has 0 bridgehead atoms. The Morgan fingerprint density at radius 1 is 1.09 bits per heavy atom. The van der Waals surface area contributed by atoms with Crippen LogP contribution < -0.4 is 19.7 Å². The maximum absolute atomic E-state index is 13.5. The monoisotopic (exact) mass is 501 g/mol. The van der Waals surface area contributed by atoms with Gasteiger partial charge in [-0.25, -0.2) is 17.9 Å². The third kappa shape index (κ3) is 7.31. The quantitative estimate of drug-likeness (QED) is 0.443. The minimum Gasteiger partial charge on any atom is -0.497 e. The van der Waals surface area contributed by atoms with E-state index >= 15 is 0 Å². The predicted molar refractivity (Wildman–Crippen MR) is 143 cm³/mol. The fourth-order valence-corrected chi connectivity index (χ4v) is 4.55. The summed E-state index contributed by atoms with van der Waals surface area (Å²) in [5.41, 5.74) is 1.74. The molecule has 2 N–H and O–H groups in total. The van der Waals surface area contributed by atoms with Crippen molar-refractivity contribution in [2.24, 2.45) is 0 Å². The van der Waals surface area contributed by atoms with Crippen molar-refractivity contribution < 1.29 is 25.6 Å². The highest BCUT2D eigenvalue weighted by Crippen LogP contribution is 2.21. The van der Waals surface area contributed by atoms with Gasteiger partial charge in [0.2, 0.25) is 5.91 Å². The van der Waals surface area contributed by atoms with Crippen molar-refractivity contribution in [3.63, 3.8) is 0 Å². The molecule has 0 radical (unpaired) electrons. The highest BCUT2D eigenvalue weighted by Gasteiger charge is 2.29.